The predicted molar refractivity (Wildman–Crippen MR) is 99.1 cm³/mol. The van der Waals surface area contributed by atoms with Crippen LogP contribution in [-0.4, -0.2) is 40.9 Å². The molecule has 4 aliphatic carbocycles. The second-order valence-electron chi connectivity index (χ2n) is 9.13. The van der Waals surface area contributed by atoms with Gasteiger partial charge in [-0.25, -0.2) is 4.79 Å². The van der Waals surface area contributed by atoms with Crippen molar-refractivity contribution in [3.63, 3.8) is 0 Å². The average Bonchev–Trinajstić information content (AvgIpc) is 2.94. The van der Waals surface area contributed by atoms with Crippen LogP contribution in [0.3, 0.4) is 0 Å². The molecule has 0 heterocycles. The topological polar surface area (TPSA) is 96.2 Å². The van der Waals surface area contributed by atoms with E-state index in [2.05, 4.69) is 12.1 Å². The van der Waals surface area contributed by atoms with Gasteiger partial charge in [0.2, 0.25) is 6.61 Å². The fourth-order valence-corrected chi connectivity index (χ4v) is 6.71. The van der Waals surface area contributed by atoms with E-state index < -0.39 is 12.6 Å². The molecular formula is C21H29NO5. The molecule has 6 nitrogen and oxygen atoms in total. The van der Waals surface area contributed by atoms with Gasteiger partial charge in [0.25, 0.3) is 0 Å². The van der Waals surface area contributed by atoms with Gasteiger partial charge in [-0.2, -0.15) is 0 Å². The summed E-state index contributed by atoms with van der Waals surface area (Å²) in [4.78, 5) is 27.8. The number of hydrogen-bond acceptors (Lipinski definition) is 5. The molecule has 148 valence electrons. The van der Waals surface area contributed by atoms with Crippen LogP contribution in [0.25, 0.3) is 0 Å². The van der Waals surface area contributed by atoms with E-state index in [1.807, 2.05) is 0 Å². The predicted octanol–water partition coefficient (Wildman–Crippen LogP) is 2.95. The van der Waals surface area contributed by atoms with E-state index in [1.165, 1.54) is 0 Å². The SMILES string of the molecule is C[C@]12CCC3C(CCC4=CC(=O)CC[C@@]43C=NOCC(=O)O)C1CC[C@@H]2O. The molecule has 3 unspecified atom stereocenters. The number of aliphatic hydroxyl groups excluding tert-OH is 1. The highest BCUT2D eigenvalue weighted by Gasteiger charge is 2.59. The second kappa shape index (κ2) is 6.73. The molecule has 0 aromatic carbocycles. The Kier molecular flexibility index (Phi) is 4.65. The van der Waals surface area contributed by atoms with Crippen LogP contribution >= 0.6 is 0 Å². The molecule has 4 rings (SSSR count). The van der Waals surface area contributed by atoms with Gasteiger partial charge < -0.3 is 15.1 Å². The third kappa shape index (κ3) is 2.93. The van der Waals surface area contributed by atoms with Gasteiger partial charge in [-0.3, -0.25) is 4.79 Å². The molecule has 0 bridgehead atoms. The third-order valence-electron chi connectivity index (χ3n) is 8.06. The Labute approximate surface area is 159 Å². The Morgan fingerprint density at radius 1 is 1.26 bits per heavy atom. The lowest BCUT2D eigenvalue weighted by Gasteiger charge is -2.57. The van der Waals surface area contributed by atoms with Crippen LogP contribution in [0.2, 0.25) is 0 Å². The lowest BCUT2D eigenvalue weighted by Crippen LogP contribution is -2.52. The minimum absolute atomic E-state index is 0.00497. The number of nitrogens with zero attached hydrogens (tertiary/aromatic N) is 1. The molecule has 4 aliphatic rings. The molecule has 0 aromatic rings. The van der Waals surface area contributed by atoms with Crippen LogP contribution in [-0.2, 0) is 14.4 Å². The number of carbonyl (C=O) groups excluding carboxylic acids is 1. The van der Waals surface area contributed by atoms with Gasteiger partial charge in [-0.15, -0.1) is 0 Å². The Balaban J connectivity index is 1.66. The van der Waals surface area contributed by atoms with E-state index in [9.17, 15) is 14.7 Å². The maximum absolute atomic E-state index is 12.1. The Hall–Kier alpha value is -1.69. The lowest BCUT2D eigenvalue weighted by molar-refractivity contribution is -0.142. The summed E-state index contributed by atoms with van der Waals surface area (Å²) < 4.78 is 0. The van der Waals surface area contributed by atoms with Crippen molar-refractivity contribution in [1.82, 2.24) is 0 Å². The molecule has 0 amide bonds. The first-order chi connectivity index (χ1) is 12.9. The quantitative estimate of drug-likeness (QED) is 0.582. The summed E-state index contributed by atoms with van der Waals surface area (Å²) in [6.07, 6.45) is 10.5. The molecular weight excluding hydrogens is 346 g/mol. The summed E-state index contributed by atoms with van der Waals surface area (Å²) in [6, 6.07) is 0. The first kappa shape index (κ1) is 18.7. The van der Waals surface area contributed by atoms with E-state index >= 15 is 0 Å². The second-order valence-corrected chi connectivity index (χ2v) is 9.13. The zero-order valence-electron chi connectivity index (χ0n) is 15.9. The summed E-state index contributed by atoms with van der Waals surface area (Å²) >= 11 is 0. The van der Waals surface area contributed by atoms with Crippen LogP contribution in [0.5, 0.6) is 0 Å². The van der Waals surface area contributed by atoms with Crippen LogP contribution < -0.4 is 0 Å². The van der Waals surface area contributed by atoms with Crippen LogP contribution in [0.15, 0.2) is 16.8 Å². The number of aliphatic hydroxyl groups is 1. The smallest absolute Gasteiger partial charge is 0.344 e. The van der Waals surface area contributed by atoms with Crippen molar-refractivity contribution in [3.05, 3.63) is 11.6 Å². The lowest BCUT2D eigenvalue weighted by atomic mass is 9.47. The Morgan fingerprint density at radius 3 is 2.85 bits per heavy atom. The minimum Gasteiger partial charge on any atom is -0.479 e. The number of hydrogen-bond donors (Lipinski definition) is 2. The number of oxime groups is 1. The number of rotatable bonds is 4. The van der Waals surface area contributed by atoms with Crippen LogP contribution in [0.1, 0.15) is 58.3 Å². The zero-order valence-corrected chi connectivity index (χ0v) is 15.9. The highest BCUT2D eigenvalue weighted by molar-refractivity contribution is 5.94. The first-order valence-corrected chi connectivity index (χ1v) is 10.2. The number of fused-ring (bicyclic) bond motifs is 5. The Bertz CT molecular complexity index is 701. The number of ketones is 1. The molecule has 0 radical (unpaired) electrons. The molecule has 0 aromatic heterocycles. The largest absolute Gasteiger partial charge is 0.479 e. The maximum Gasteiger partial charge on any atom is 0.344 e. The monoisotopic (exact) mass is 375 g/mol. The van der Waals surface area contributed by atoms with Crippen molar-refractivity contribution in [2.24, 2.45) is 33.7 Å². The van der Waals surface area contributed by atoms with Gasteiger partial charge in [0.1, 0.15) is 0 Å². The zero-order chi connectivity index (χ0) is 19.2. The number of aliphatic carboxylic acids is 1. The fourth-order valence-electron chi connectivity index (χ4n) is 6.71. The van der Waals surface area contributed by atoms with Gasteiger partial charge in [-0.05, 0) is 74.2 Å². The van der Waals surface area contributed by atoms with Crippen LogP contribution in [0, 0.1) is 28.6 Å². The van der Waals surface area contributed by atoms with Crippen molar-refractivity contribution in [1.29, 1.82) is 0 Å². The van der Waals surface area contributed by atoms with E-state index in [-0.39, 0.29) is 22.7 Å². The number of carbonyl (C=O) groups is 2. The molecule has 0 saturated heterocycles. The molecule has 27 heavy (non-hydrogen) atoms. The van der Waals surface area contributed by atoms with Crippen molar-refractivity contribution < 1.29 is 24.6 Å². The summed E-state index contributed by atoms with van der Waals surface area (Å²) in [7, 11) is 0. The van der Waals surface area contributed by atoms with Crippen molar-refractivity contribution >= 4 is 18.0 Å². The Morgan fingerprint density at radius 2 is 2.07 bits per heavy atom. The standard InChI is InChI=1S/C21H29NO5/c1-20-8-7-17-15(16(20)4-5-18(20)24)3-2-13-10-14(23)6-9-21(13,17)12-22-27-11-19(25)26/h10,12,15-18,24H,2-9,11H2,1H3,(H,25,26)/t15?,16?,17?,18-,20-,21+/m0/s1. The third-order valence-corrected chi connectivity index (χ3v) is 8.06. The molecule has 0 aliphatic heterocycles. The van der Waals surface area contributed by atoms with Crippen molar-refractivity contribution in [3.8, 4) is 0 Å². The molecule has 3 saturated carbocycles. The highest BCUT2D eigenvalue weighted by atomic mass is 16.6. The normalized spacial score (nSPS) is 43.6. The maximum atomic E-state index is 12.1. The number of carboxylic acid groups (broad SMARTS) is 1. The summed E-state index contributed by atoms with van der Waals surface area (Å²) in [5, 5.41) is 23.4. The van der Waals surface area contributed by atoms with E-state index in [4.69, 9.17) is 9.94 Å². The van der Waals surface area contributed by atoms with E-state index in [0.717, 1.165) is 50.5 Å². The average molecular weight is 375 g/mol. The molecule has 6 heteroatoms. The number of allylic oxidation sites excluding steroid dienone is 1. The summed E-state index contributed by atoms with van der Waals surface area (Å²) in [5.74, 6) is 0.531. The van der Waals surface area contributed by atoms with E-state index in [0.29, 0.717) is 24.2 Å². The van der Waals surface area contributed by atoms with Crippen molar-refractivity contribution in [2.45, 2.75) is 64.4 Å². The molecule has 3 fully saturated rings. The fraction of sp³-hybridized carbons (Fsp3) is 0.762. The highest BCUT2D eigenvalue weighted by Crippen LogP contribution is 2.64. The van der Waals surface area contributed by atoms with Gasteiger partial charge in [-0.1, -0.05) is 17.7 Å². The summed E-state index contributed by atoms with van der Waals surface area (Å²) in [5.41, 5.74) is 0.847. The van der Waals surface area contributed by atoms with Gasteiger partial charge in [0.05, 0.1) is 12.3 Å². The first-order valence-electron chi connectivity index (χ1n) is 10.2. The van der Waals surface area contributed by atoms with Gasteiger partial charge >= 0.3 is 5.97 Å². The van der Waals surface area contributed by atoms with Crippen LogP contribution in [0.4, 0.5) is 0 Å². The number of carboxylic acids is 1. The molecule has 0 spiro atoms. The van der Waals surface area contributed by atoms with E-state index in [1.54, 1.807) is 12.3 Å². The summed E-state index contributed by atoms with van der Waals surface area (Å²) in [6.45, 7) is 1.80. The molecule has 2 N–H and O–H groups in total. The van der Waals surface area contributed by atoms with Gasteiger partial charge in [0, 0.05) is 11.8 Å². The van der Waals surface area contributed by atoms with Gasteiger partial charge in [0.15, 0.2) is 5.78 Å². The molecule has 6 atom stereocenters. The van der Waals surface area contributed by atoms with Crippen molar-refractivity contribution in [2.75, 3.05) is 6.61 Å². The minimum atomic E-state index is -1.05.